The predicted octanol–water partition coefficient (Wildman–Crippen LogP) is 3.11. The number of carbonyl (C=O) groups is 1. The predicted molar refractivity (Wildman–Crippen MR) is 69.8 cm³/mol. The molecule has 0 aromatic heterocycles. The van der Waals surface area contributed by atoms with Gasteiger partial charge in [-0.2, -0.15) is 0 Å². The first-order valence-electron chi connectivity index (χ1n) is 6.17. The van der Waals surface area contributed by atoms with Crippen LogP contribution in [0.1, 0.15) is 45.3 Å². The van der Waals surface area contributed by atoms with E-state index in [2.05, 4.69) is 5.32 Å². The minimum absolute atomic E-state index is 0.0535. The van der Waals surface area contributed by atoms with Crippen LogP contribution < -0.4 is 5.32 Å². The van der Waals surface area contributed by atoms with Crippen molar-refractivity contribution in [2.24, 2.45) is 5.92 Å². The van der Waals surface area contributed by atoms with Crippen LogP contribution in [0, 0.1) is 5.92 Å². The highest BCUT2D eigenvalue weighted by atomic mass is 16.3. The Balaban J connectivity index is 2.74. The monoisotopic (exact) mass is 235 g/mol. The Hall–Kier alpha value is -1.35. The van der Waals surface area contributed by atoms with Crippen LogP contribution in [0.3, 0.4) is 0 Å². The van der Waals surface area contributed by atoms with Crippen molar-refractivity contribution >= 4 is 11.6 Å². The lowest BCUT2D eigenvalue weighted by Gasteiger charge is -2.14. The van der Waals surface area contributed by atoms with Crippen LogP contribution in [0.5, 0.6) is 0 Å². The molecule has 0 bridgehead atoms. The maximum atomic E-state index is 11.9. The Morgan fingerprint density at radius 1 is 1.35 bits per heavy atom. The fourth-order valence-electron chi connectivity index (χ4n) is 1.78. The number of carbonyl (C=O) groups excluding carboxylic acids is 1. The van der Waals surface area contributed by atoms with Gasteiger partial charge in [-0.1, -0.05) is 26.0 Å². The van der Waals surface area contributed by atoms with Gasteiger partial charge in [-0.05, 0) is 37.5 Å². The second-order valence-electron chi connectivity index (χ2n) is 4.30. The first-order chi connectivity index (χ1) is 8.08. The second-order valence-corrected chi connectivity index (χ2v) is 4.30. The van der Waals surface area contributed by atoms with Crippen molar-refractivity contribution in [2.45, 2.75) is 39.7 Å². The average Bonchev–Trinajstić information content (AvgIpc) is 2.30. The number of benzene rings is 1. The maximum absolute atomic E-state index is 11.9. The molecule has 0 aliphatic rings. The SMILES string of the molecule is CCC(CC)C(=O)Nc1cccc([C@@H](C)O)c1. The molecule has 0 spiro atoms. The minimum Gasteiger partial charge on any atom is -0.389 e. The number of rotatable bonds is 5. The first kappa shape index (κ1) is 13.7. The van der Waals surface area contributed by atoms with Crippen molar-refractivity contribution in [3.63, 3.8) is 0 Å². The summed E-state index contributed by atoms with van der Waals surface area (Å²) in [6.07, 6.45) is 1.18. The van der Waals surface area contributed by atoms with Crippen molar-refractivity contribution in [1.82, 2.24) is 0 Å². The third kappa shape index (κ3) is 3.86. The molecule has 0 saturated carbocycles. The first-order valence-corrected chi connectivity index (χ1v) is 6.17. The van der Waals surface area contributed by atoms with Gasteiger partial charge in [0.15, 0.2) is 0 Å². The molecule has 1 aromatic rings. The van der Waals surface area contributed by atoms with E-state index in [-0.39, 0.29) is 11.8 Å². The molecule has 2 N–H and O–H groups in total. The fourth-order valence-corrected chi connectivity index (χ4v) is 1.78. The summed E-state index contributed by atoms with van der Waals surface area (Å²) in [7, 11) is 0. The number of anilines is 1. The Labute approximate surface area is 103 Å². The molecule has 0 radical (unpaired) electrons. The van der Waals surface area contributed by atoms with Gasteiger partial charge in [-0.15, -0.1) is 0 Å². The summed E-state index contributed by atoms with van der Waals surface area (Å²) in [6.45, 7) is 5.74. The van der Waals surface area contributed by atoms with Crippen molar-refractivity contribution in [1.29, 1.82) is 0 Å². The van der Waals surface area contributed by atoms with Crippen molar-refractivity contribution < 1.29 is 9.90 Å². The number of amides is 1. The molecule has 17 heavy (non-hydrogen) atoms. The number of hydrogen-bond acceptors (Lipinski definition) is 2. The smallest absolute Gasteiger partial charge is 0.227 e. The van der Waals surface area contributed by atoms with E-state index in [1.54, 1.807) is 6.92 Å². The normalized spacial score (nSPS) is 12.5. The Morgan fingerprint density at radius 3 is 2.53 bits per heavy atom. The molecule has 3 nitrogen and oxygen atoms in total. The summed E-state index contributed by atoms with van der Waals surface area (Å²) >= 11 is 0. The zero-order valence-electron chi connectivity index (χ0n) is 10.7. The van der Waals surface area contributed by atoms with E-state index < -0.39 is 6.10 Å². The van der Waals surface area contributed by atoms with Crippen LogP contribution in [0.4, 0.5) is 5.69 Å². The van der Waals surface area contributed by atoms with Gasteiger partial charge in [0, 0.05) is 11.6 Å². The van der Waals surface area contributed by atoms with Crippen LogP contribution in [-0.2, 0) is 4.79 Å². The topological polar surface area (TPSA) is 49.3 Å². The molecule has 0 heterocycles. The Kier molecular flexibility index (Phi) is 5.16. The zero-order valence-corrected chi connectivity index (χ0v) is 10.7. The van der Waals surface area contributed by atoms with E-state index in [1.165, 1.54) is 0 Å². The Bertz CT molecular complexity index is 370. The van der Waals surface area contributed by atoms with E-state index >= 15 is 0 Å². The molecule has 3 heteroatoms. The molecular weight excluding hydrogens is 214 g/mol. The molecule has 0 saturated heterocycles. The van der Waals surface area contributed by atoms with Crippen molar-refractivity contribution in [3.05, 3.63) is 29.8 Å². The van der Waals surface area contributed by atoms with Crippen molar-refractivity contribution in [3.8, 4) is 0 Å². The quantitative estimate of drug-likeness (QED) is 0.823. The largest absolute Gasteiger partial charge is 0.389 e. The standard InChI is InChI=1S/C14H21NO2/c1-4-11(5-2)14(17)15-13-8-6-7-12(9-13)10(3)16/h6-11,16H,4-5H2,1-3H3,(H,15,17)/t10-/m1/s1. The number of nitrogens with one attached hydrogen (secondary N) is 1. The molecule has 1 atom stereocenters. The van der Waals surface area contributed by atoms with Gasteiger partial charge in [0.05, 0.1) is 6.10 Å². The van der Waals surface area contributed by atoms with E-state index in [9.17, 15) is 9.90 Å². The van der Waals surface area contributed by atoms with Gasteiger partial charge in [0.25, 0.3) is 0 Å². The van der Waals surface area contributed by atoms with Crippen LogP contribution in [0.2, 0.25) is 0 Å². The highest BCUT2D eigenvalue weighted by Crippen LogP contribution is 2.18. The van der Waals surface area contributed by atoms with Crippen LogP contribution >= 0.6 is 0 Å². The lowest BCUT2D eigenvalue weighted by molar-refractivity contribution is -0.120. The molecule has 0 aliphatic heterocycles. The second kappa shape index (κ2) is 6.40. The van der Waals surface area contributed by atoms with Gasteiger partial charge in [0.2, 0.25) is 5.91 Å². The summed E-state index contributed by atoms with van der Waals surface area (Å²) in [5.41, 5.74) is 1.56. The summed E-state index contributed by atoms with van der Waals surface area (Å²) in [6, 6.07) is 7.33. The molecular formula is C14H21NO2. The van der Waals surface area contributed by atoms with Crippen molar-refractivity contribution in [2.75, 3.05) is 5.32 Å². The molecule has 94 valence electrons. The number of aliphatic hydroxyl groups is 1. The van der Waals surface area contributed by atoms with Crippen LogP contribution in [0.25, 0.3) is 0 Å². The van der Waals surface area contributed by atoms with E-state index in [1.807, 2.05) is 38.1 Å². The summed E-state index contributed by atoms with van der Waals surface area (Å²) in [5.74, 6) is 0.114. The average molecular weight is 235 g/mol. The van der Waals surface area contributed by atoms with Gasteiger partial charge >= 0.3 is 0 Å². The fraction of sp³-hybridized carbons (Fsp3) is 0.500. The third-order valence-corrected chi connectivity index (χ3v) is 2.99. The molecule has 1 rings (SSSR count). The zero-order chi connectivity index (χ0) is 12.8. The lowest BCUT2D eigenvalue weighted by Crippen LogP contribution is -2.21. The van der Waals surface area contributed by atoms with Gasteiger partial charge in [-0.25, -0.2) is 0 Å². The molecule has 0 fully saturated rings. The van der Waals surface area contributed by atoms with E-state index in [0.717, 1.165) is 24.1 Å². The van der Waals surface area contributed by atoms with Gasteiger partial charge in [0.1, 0.15) is 0 Å². The van der Waals surface area contributed by atoms with E-state index in [4.69, 9.17) is 0 Å². The third-order valence-electron chi connectivity index (χ3n) is 2.99. The molecule has 1 aromatic carbocycles. The summed E-state index contributed by atoms with van der Waals surface area (Å²) < 4.78 is 0. The number of hydrogen-bond donors (Lipinski definition) is 2. The number of aliphatic hydroxyl groups excluding tert-OH is 1. The highest BCUT2D eigenvalue weighted by Gasteiger charge is 2.14. The maximum Gasteiger partial charge on any atom is 0.227 e. The van der Waals surface area contributed by atoms with E-state index in [0.29, 0.717) is 0 Å². The molecule has 1 amide bonds. The minimum atomic E-state index is -0.514. The highest BCUT2D eigenvalue weighted by molar-refractivity contribution is 5.92. The van der Waals surface area contributed by atoms with Gasteiger partial charge in [-0.3, -0.25) is 4.79 Å². The summed E-state index contributed by atoms with van der Waals surface area (Å²) in [4.78, 5) is 11.9. The van der Waals surface area contributed by atoms with Gasteiger partial charge < -0.3 is 10.4 Å². The van der Waals surface area contributed by atoms with Crippen LogP contribution in [-0.4, -0.2) is 11.0 Å². The Morgan fingerprint density at radius 2 is 2.00 bits per heavy atom. The van der Waals surface area contributed by atoms with Crippen LogP contribution in [0.15, 0.2) is 24.3 Å². The molecule has 0 aliphatic carbocycles. The molecule has 0 unspecified atom stereocenters. The lowest BCUT2D eigenvalue weighted by atomic mass is 10.0. The summed E-state index contributed by atoms with van der Waals surface area (Å²) in [5, 5.41) is 12.4.